The summed E-state index contributed by atoms with van der Waals surface area (Å²) in [5.41, 5.74) is -1.45. The molecule has 0 unspecified atom stereocenters. The van der Waals surface area contributed by atoms with Crippen molar-refractivity contribution in [2.45, 2.75) is 46.0 Å². The Morgan fingerprint density at radius 2 is 2.00 bits per heavy atom. The van der Waals surface area contributed by atoms with E-state index in [1.165, 1.54) is 6.08 Å². The summed E-state index contributed by atoms with van der Waals surface area (Å²) < 4.78 is 27.2. The Bertz CT molecular complexity index is 473. The number of Topliss-reactive ketones (excluding diaryl/α,β-unsaturated/α-hetero) is 1. The molecule has 0 aliphatic heterocycles. The molecule has 2 nitrogen and oxygen atoms in total. The molecule has 0 aromatic rings. The fraction of sp³-hybridized carbons (Fsp3) is 0.714. The number of carbonyl (C=O) groups is 1. The van der Waals surface area contributed by atoms with Gasteiger partial charge < -0.3 is 4.79 Å². The number of hydrogen-bond acceptors (Lipinski definition) is 1. The second-order valence-electron chi connectivity index (χ2n) is 6.32. The lowest BCUT2D eigenvalue weighted by Crippen LogP contribution is -2.51. The molecule has 0 N–H and O–H groups in total. The molecular weight excluding hydrogens is 236 g/mol. The fourth-order valence-corrected chi connectivity index (χ4v) is 3.74. The van der Waals surface area contributed by atoms with Gasteiger partial charge in [-0.1, -0.05) is 26.8 Å². The van der Waals surface area contributed by atoms with Gasteiger partial charge in [0.15, 0.2) is 5.78 Å². The highest BCUT2D eigenvalue weighted by molar-refractivity contribution is 6.02. The van der Waals surface area contributed by atoms with E-state index in [9.17, 15) is 13.6 Å². The Kier molecular flexibility index (Phi) is 2.66. The smallest absolute Gasteiger partial charge is 0.248 e. The molecule has 0 heterocycles. The SMILES string of the molecule is [C-]#[N+]C1=C[C@]2(C)CC(F)(F)CC[C@H]2C(C)(C)C1=O. The van der Waals surface area contributed by atoms with Crippen LogP contribution in [0.2, 0.25) is 0 Å². The minimum absolute atomic E-state index is 0.0245. The quantitative estimate of drug-likeness (QED) is 0.601. The number of hydrogen-bond donors (Lipinski definition) is 0. The predicted molar refractivity (Wildman–Crippen MR) is 63.9 cm³/mol. The van der Waals surface area contributed by atoms with Gasteiger partial charge in [0.25, 0.3) is 0 Å². The first-order chi connectivity index (χ1) is 8.12. The molecular formula is C14H17F2NO. The topological polar surface area (TPSA) is 21.4 Å². The van der Waals surface area contributed by atoms with Gasteiger partial charge in [0.2, 0.25) is 11.6 Å². The van der Waals surface area contributed by atoms with Gasteiger partial charge in [0.05, 0.1) is 6.57 Å². The molecule has 2 atom stereocenters. The summed E-state index contributed by atoms with van der Waals surface area (Å²) in [4.78, 5) is 15.4. The maximum atomic E-state index is 13.6. The van der Waals surface area contributed by atoms with Gasteiger partial charge in [0, 0.05) is 18.3 Å². The van der Waals surface area contributed by atoms with E-state index in [4.69, 9.17) is 6.57 Å². The number of carbonyl (C=O) groups excluding carboxylic acids is 1. The normalized spacial score (nSPS) is 37.4. The monoisotopic (exact) mass is 253 g/mol. The Hall–Kier alpha value is -1.24. The highest BCUT2D eigenvalue weighted by Gasteiger charge is 2.57. The number of rotatable bonds is 0. The van der Waals surface area contributed by atoms with E-state index in [1.54, 1.807) is 20.8 Å². The van der Waals surface area contributed by atoms with E-state index in [2.05, 4.69) is 4.85 Å². The van der Waals surface area contributed by atoms with Gasteiger partial charge >= 0.3 is 0 Å². The summed E-state index contributed by atoms with van der Waals surface area (Å²) in [6, 6.07) is 0. The number of allylic oxidation sites excluding steroid dienone is 2. The van der Waals surface area contributed by atoms with Gasteiger partial charge in [0.1, 0.15) is 0 Å². The molecule has 0 aromatic heterocycles. The first-order valence-electron chi connectivity index (χ1n) is 6.15. The van der Waals surface area contributed by atoms with Crippen LogP contribution in [0, 0.1) is 23.3 Å². The third-order valence-corrected chi connectivity index (χ3v) is 4.51. The lowest BCUT2D eigenvalue weighted by Gasteiger charge is -2.52. The molecule has 0 bridgehead atoms. The molecule has 4 heteroatoms. The highest BCUT2D eigenvalue weighted by Crippen LogP contribution is 2.58. The highest BCUT2D eigenvalue weighted by atomic mass is 19.3. The molecule has 0 amide bonds. The van der Waals surface area contributed by atoms with Crippen LogP contribution in [0.15, 0.2) is 11.8 Å². The molecule has 0 aromatic carbocycles. The third kappa shape index (κ3) is 1.77. The molecule has 2 aliphatic rings. The summed E-state index contributed by atoms with van der Waals surface area (Å²) in [5.74, 6) is -3.00. The van der Waals surface area contributed by atoms with Gasteiger partial charge in [-0.2, -0.15) is 0 Å². The van der Waals surface area contributed by atoms with E-state index in [0.29, 0.717) is 6.42 Å². The van der Waals surface area contributed by atoms with Gasteiger partial charge in [-0.05, 0) is 17.8 Å². The number of nitrogens with zero attached hydrogens (tertiary/aromatic N) is 1. The van der Waals surface area contributed by atoms with Crippen LogP contribution in [-0.2, 0) is 4.79 Å². The van der Waals surface area contributed by atoms with Crippen LogP contribution < -0.4 is 0 Å². The molecule has 1 saturated carbocycles. The largest absolute Gasteiger partial charge is 0.307 e. The molecule has 1 fully saturated rings. The van der Waals surface area contributed by atoms with Crippen molar-refractivity contribution in [3.63, 3.8) is 0 Å². The van der Waals surface area contributed by atoms with Crippen LogP contribution in [0.4, 0.5) is 8.78 Å². The lowest BCUT2D eigenvalue weighted by atomic mass is 9.53. The minimum atomic E-state index is -2.69. The first-order valence-corrected chi connectivity index (χ1v) is 6.15. The zero-order valence-corrected chi connectivity index (χ0v) is 10.9. The number of fused-ring (bicyclic) bond motifs is 1. The number of alkyl halides is 2. The molecule has 98 valence electrons. The van der Waals surface area contributed by atoms with Crippen LogP contribution >= 0.6 is 0 Å². The van der Waals surface area contributed by atoms with E-state index < -0.39 is 16.8 Å². The van der Waals surface area contributed by atoms with Crippen molar-refractivity contribution in [3.05, 3.63) is 23.2 Å². The summed E-state index contributed by atoms with van der Waals surface area (Å²) in [7, 11) is 0. The zero-order valence-electron chi connectivity index (χ0n) is 10.9. The van der Waals surface area contributed by atoms with E-state index in [-0.39, 0.29) is 30.2 Å². The molecule has 2 rings (SSSR count). The van der Waals surface area contributed by atoms with Crippen molar-refractivity contribution in [2.24, 2.45) is 16.7 Å². The summed E-state index contributed by atoms with van der Waals surface area (Å²) in [5, 5.41) is 0. The van der Waals surface area contributed by atoms with E-state index in [1.807, 2.05) is 0 Å². The van der Waals surface area contributed by atoms with E-state index >= 15 is 0 Å². The minimum Gasteiger partial charge on any atom is -0.307 e. The second kappa shape index (κ2) is 3.63. The van der Waals surface area contributed by atoms with Gasteiger partial charge in [-0.15, -0.1) is 0 Å². The maximum absolute atomic E-state index is 13.6. The molecule has 0 radical (unpaired) electrons. The fourth-order valence-electron chi connectivity index (χ4n) is 3.74. The van der Waals surface area contributed by atoms with Crippen molar-refractivity contribution in [2.75, 3.05) is 0 Å². The molecule has 0 saturated heterocycles. The maximum Gasteiger partial charge on any atom is 0.248 e. The van der Waals surface area contributed by atoms with Crippen molar-refractivity contribution >= 4 is 5.78 Å². The van der Waals surface area contributed by atoms with Crippen LogP contribution in [0.25, 0.3) is 4.85 Å². The van der Waals surface area contributed by atoms with Gasteiger partial charge in [-0.25, -0.2) is 13.6 Å². The third-order valence-electron chi connectivity index (χ3n) is 4.51. The van der Waals surface area contributed by atoms with Crippen molar-refractivity contribution in [3.8, 4) is 0 Å². The number of halogens is 2. The Balaban J connectivity index is 2.53. The van der Waals surface area contributed by atoms with Gasteiger partial charge in [-0.3, -0.25) is 0 Å². The van der Waals surface area contributed by atoms with E-state index in [0.717, 1.165) is 0 Å². The average molecular weight is 253 g/mol. The summed E-state index contributed by atoms with van der Waals surface area (Å²) in [6.45, 7) is 12.4. The van der Waals surface area contributed by atoms with Crippen LogP contribution in [0.3, 0.4) is 0 Å². The van der Waals surface area contributed by atoms with Crippen LogP contribution in [-0.4, -0.2) is 11.7 Å². The Morgan fingerprint density at radius 1 is 1.39 bits per heavy atom. The van der Waals surface area contributed by atoms with Crippen LogP contribution in [0.1, 0.15) is 40.0 Å². The van der Waals surface area contributed by atoms with Crippen molar-refractivity contribution in [1.82, 2.24) is 0 Å². The molecule has 2 aliphatic carbocycles. The number of ketones is 1. The first kappa shape index (κ1) is 13.2. The summed E-state index contributed by atoms with van der Waals surface area (Å²) >= 11 is 0. The van der Waals surface area contributed by atoms with Crippen LogP contribution in [0.5, 0.6) is 0 Å². The predicted octanol–water partition coefficient (Wildman–Crippen LogP) is 3.84. The average Bonchev–Trinajstić information content (AvgIpc) is 2.21. The second-order valence-corrected chi connectivity index (χ2v) is 6.32. The molecule has 0 spiro atoms. The van der Waals surface area contributed by atoms with Crippen molar-refractivity contribution in [1.29, 1.82) is 0 Å². The Morgan fingerprint density at radius 3 is 2.56 bits per heavy atom. The Labute approximate surface area is 106 Å². The summed E-state index contributed by atoms with van der Waals surface area (Å²) in [6.07, 6.45) is 1.40. The zero-order chi connectivity index (χ0) is 13.8. The standard InChI is InChI=1S/C14H17F2NO/c1-12(2)10-5-6-14(15,16)8-13(10,3)7-9(17-4)11(12)18/h7,10H,5-6,8H2,1-3H3/t10-,13+/m0/s1. The molecule has 18 heavy (non-hydrogen) atoms. The van der Waals surface area contributed by atoms with Crippen molar-refractivity contribution < 1.29 is 13.6 Å². The lowest BCUT2D eigenvalue weighted by molar-refractivity contribution is -0.143.